The fraction of sp³-hybridized carbons (Fsp3) is 0.125. The molecule has 0 bridgehead atoms. The predicted octanol–water partition coefficient (Wildman–Crippen LogP) is 2.47. The van der Waals surface area contributed by atoms with Gasteiger partial charge in [0, 0.05) is 17.5 Å². The Morgan fingerprint density at radius 2 is 2.46 bits per heavy atom. The summed E-state index contributed by atoms with van der Waals surface area (Å²) in [5, 5.41) is 2.02. The average molecular weight is 306 g/mol. The second-order valence-electron chi connectivity index (χ2n) is 2.49. The molecule has 68 valence electrons. The third kappa shape index (κ3) is 1.92. The van der Waals surface area contributed by atoms with Gasteiger partial charge in [0.25, 0.3) is 0 Å². The Kier molecular flexibility index (Phi) is 2.66. The van der Waals surface area contributed by atoms with Crippen LogP contribution in [-0.4, -0.2) is 4.98 Å². The van der Waals surface area contributed by atoms with Crippen LogP contribution < -0.4 is 5.73 Å². The zero-order valence-corrected chi connectivity index (χ0v) is 9.63. The van der Waals surface area contributed by atoms with Crippen molar-refractivity contribution in [3.05, 3.63) is 26.3 Å². The van der Waals surface area contributed by atoms with Crippen molar-refractivity contribution in [1.82, 2.24) is 4.98 Å². The Labute approximate surface area is 93.1 Å². The van der Waals surface area contributed by atoms with E-state index in [4.69, 9.17) is 10.2 Å². The standard InChI is InChI=1S/C8H7IN2OS/c9-7-1-5(4-13-7)8-11-6(2-10)3-12-8/h1,3-4H,2,10H2. The van der Waals surface area contributed by atoms with Crippen LogP contribution >= 0.6 is 33.9 Å². The number of nitrogens with zero attached hydrogens (tertiary/aromatic N) is 1. The lowest BCUT2D eigenvalue weighted by atomic mass is 10.3. The molecule has 0 saturated heterocycles. The first kappa shape index (κ1) is 9.17. The Hall–Kier alpha value is -0.400. The van der Waals surface area contributed by atoms with Gasteiger partial charge in [-0.1, -0.05) is 0 Å². The van der Waals surface area contributed by atoms with Gasteiger partial charge in [-0.2, -0.15) is 0 Å². The summed E-state index contributed by atoms with van der Waals surface area (Å²) in [7, 11) is 0. The molecule has 0 saturated carbocycles. The van der Waals surface area contributed by atoms with E-state index >= 15 is 0 Å². The largest absolute Gasteiger partial charge is 0.444 e. The minimum absolute atomic E-state index is 0.421. The maximum atomic E-state index is 5.43. The molecular formula is C8H7IN2OS. The van der Waals surface area contributed by atoms with E-state index in [1.807, 2.05) is 11.4 Å². The number of hydrogen-bond acceptors (Lipinski definition) is 4. The first-order valence-electron chi connectivity index (χ1n) is 3.68. The van der Waals surface area contributed by atoms with Crippen LogP contribution in [0.25, 0.3) is 11.5 Å². The molecule has 0 amide bonds. The van der Waals surface area contributed by atoms with Gasteiger partial charge >= 0.3 is 0 Å². The smallest absolute Gasteiger partial charge is 0.227 e. The molecule has 2 heterocycles. The van der Waals surface area contributed by atoms with E-state index in [0.29, 0.717) is 12.4 Å². The highest BCUT2D eigenvalue weighted by Crippen LogP contribution is 2.25. The third-order valence-corrected chi connectivity index (χ3v) is 3.36. The second-order valence-corrected chi connectivity index (χ2v) is 5.29. The SMILES string of the molecule is NCc1coc(-c2csc(I)c2)n1. The fourth-order valence-electron chi connectivity index (χ4n) is 0.956. The van der Waals surface area contributed by atoms with Gasteiger partial charge in [-0.15, -0.1) is 11.3 Å². The lowest BCUT2D eigenvalue weighted by Crippen LogP contribution is -1.95. The van der Waals surface area contributed by atoms with Gasteiger partial charge in [-0.05, 0) is 28.7 Å². The molecule has 0 unspecified atom stereocenters. The molecule has 0 atom stereocenters. The number of halogens is 1. The molecule has 13 heavy (non-hydrogen) atoms. The summed E-state index contributed by atoms with van der Waals surface area (Å²) in [6, 6.07) is 2.04. The van der Waals surface area contributed by atoms with Gasteiger partial charge in [0.1, 0.15) is 6.26 Å². The van der Waals surface area contributed by atoms with Gasteiger partial charge < -0.3 is 10.2 Å². The Bertz CT molecular complexity index is 410. The molecule has 2 rings (SSSR count). The van der Waals surface area contributed by atoms with Crippen LogP contribution in [0.15, 0.2) is 22.1 Å². The molecule has 2 aromatic rings. The molecule has 0 aliphatic rings. The summed E-state index contributed by atoms with van der Waals surface area (Å²) in [4.78, 5) is 4.22. The Morgan fingerprint density at radius 3 is 3.00 bits per heavy atom. The number of rotatable bonds is 2. The number of hydrogen-bond donors (Lipinski definition) is 1. The molecular weight excluding hydrogens is 299 g/mol. The summed E-state index contributed by atoms with van der Waals surface area (Å²) < 4.78 is 6.49. The quantitative estimate of drug-likeness (QED) is 0.867. The third-order valence-electron chi connectivity index (χ3n) is 1.58. The van der Waals surface area contributed by atoms with Crippen molar-refractivity contribution < 1.29 is 4.42 Å². The highest BCUT2D eigenvalue weighted by atomic mass is 127. The van der Waals surface area contributed by atoms with Crippen LogP contribution in [0.1, 0.15) is 5.69 Å². The number of aromatic nitrogens is 1. The van der Waals surface area contributed by atoms with Crippen molar-refractivity contribution in [3.8, 4) is 11.5 Å². The Balaban J connectivity index is 2.35. The van der Waals surface area contributed by atoms with Gasteiger partial charge in [-0.3, -0.25) is 0 Å². The summed E-state index contributed by atoms with van der Waals surface area (Å²) in [5.74, 6) is 0.652. The lowest BCUT2D eigenvalue weighted by Gasteiger charge is -1.85. The monoisotopic (exact) mass is 306 g/mol. The Morgan fingerprint density at radius 1 is 1.62 bits per heavy atom. The molecule has 0 aliphatic carbocycles. The highest BCUT2D eigenvalue weighted by molar-refractivity contribution is 14.1. The van der Waals surface area contributed by atoms with E-state index in [2.05, 4.69) is 27.6 Å². The summed E-state index contributed by atoms with van der Waals surface area (Å²) in [6.45, 7) is 0.421. The van der Waals surface area contributed by atoms with Crippen LogP contribution in [0.3, 0.4) is 0 Å². The molecule has 0 radical (unpaired) electrons. The van der Waals surface area contributed by atoms with Crippen molar-refractivity contribution >= 4 is 33.9 Å². The van der Waals surface area contributed by atoms with E-state index in [9.17, 15) is 0 Å². The van der Waals surface area contributed by atoms with E-state index in [1.54, 1.807) is 17.6 Å². The van der Waals surface area contributed by atoms with Crippen LogP contribution in [0.4, 0.5) is 0 Å². The predicted molar refractivity (Wildman–Crippen MR) is 60.4 cm³/mol. The molecule has 0 spiro atoms. The lowest BCUT2D eigenvalue weighted by molar-refractivity contribution is 0.573. The maximum Gasteiger partial charge on any atom is 0.227 e. The van der Waals surface area contributed by atoms with Crippen LogP contribution in [-0.2, 0) is 6.54 Å². The highest BCUT2D eigenvalue weighted by Gasteiger charge is 2.07. The summed E-state index contributed by atoms with van der Waals surface area (Å²) in [6.07, 6.45) is 1.60. The summed E-state index contributed by atoms with van der Waals surface area (Å²) >= 11 is 3.94. The van der Waals surface area contributed by atoms with Gasteiger partial charge in [0.15, 0.2) is 0 Å². The normalized spacial score (nSPS) is 10.6. The maximum absolute atomic E-state index is 5.43. The van der Waals surface area contributed by atoms with Crippen molar-refractivity contribution in [2.45, 2.75) is 6.54 Å². The second kappa shape index (κ2) is 3.77. The van der Waals surface area contributed by atoms with Crippen molar-refractivity contribution in [2.75, 3.05) is 0 Å². The minimum Gasteiger partial charge on any atom is -0.444 e. The van der Waals surface area contributed by atoms with Crippen molar-refractivity contribution in [2.24, 2.45) is 5.73 Å². The molecule has 0 aromatic carbocycles. The molecule has 2 N–H and O–H groups in total. The zero-order chi connectivity index (χ0) is 9.26. The minimum atomic E-state index is 0.421. The molecule has 3 nitrogen and oxygen atoms in total. The number of thiophene rings is 1. The fourth-order valence-corrected chi connectivity index (χ4v) is 2.28. The van der Waals surface area contributed by atoms with E-state index in [0.717, 1.165) is 11.3 Å². The molecule has 0 aliphatic heterocycles. The zero-order valence-electron chi connectivity index (χ0n) is 6.66. The molecule has 5 heteroatoms. The van der Waals surface area contributed by atoms with Crippen LogP contribution in [0.5, 0.6) is 0 Å². The average Bonchev–Trinajstić information content (AvgIpc) is 2.71. The summed E-state index contributed by atoms with van der Waals surface area (Å²) in [5.41, 5.74) is 7.24. The number of oxazole rings is 1. The van der Waals surface area contributed by atoms with Gasteiger partial charge in [0.2, 0.25) is 5.89 Å². The topological polar surface area (TPSA) is 52.0 Å². The first-order chi connectivity index (χ1) is 6.29. The van der Waals surface area contributed by atoms with E-state index in [-0.39, 0.29) is 0 Å². The molecule has 2 aromatic heterocycles. The molecule has 0 fully saturated rings. The van der Waals surface area contributed by atoms with E-state index in [1.165, 1.54) is 2.88 Å². The van der Waals surface area contributed by atoms with Crippen molar-refractivity contribution in [1.29, 1.82) is 0 Å². The number of nitrogens with two attached hydrogens (primary N) is 1. The van der Waals surface area contributed by atoms with Gasteiger partial charge in [0.05, 0.1) is 8.58 Å². The van der Waals surface area contributed by atoms with Gasteiger partial charge in [-0.25, -0.2) is 4.98 Å². The van der Waals surface area contributed by atoms with Crippen molar-refractivity contribution in [3.63, 3.8) is 0 Å². The van der Waals surface area contributed by atoms with Crippen LogP contribution in [0, 0.1) is 2.88 Å². The first-order valence-corrected chi connectivity index (χ1v) is 5.64. The van der Waals surface area contributed by atoms with E-state index < -0.39 is 0 Å². The van der Waals surface area contributed by atoms with Crippen LogP contribution in [0.2, 0.25) is 0 Å².